The summed E-state index contributed by atoms with van der Waals surface area (Å²) in [6, 6.07) is 0. The summed E-state index contributed by atoms with van der Waals surface area (Å²) in [4.78, 5) is 38.2. The van der Waals surface area contributed by atoms with Crippen molar-refractivity contribution in [1.29, 1.82) is 0 Å². The van der Waals surface area contributed by atoms with Gasteiger partial charge in [-0.15, -0.1) is 0 Å². The fourth-order valence-electron chi connectivity index (χ4n) is 8.60. The number of rotatable bonds is 55. The molecule has 0 N–H and O–H groups in total. The van der Waals surface area contributed by atoms with Crippen LogP contribution < -0.4 is 0 Å². The quantitative estimate of drug-likeness (QED) is 0.0261. The second-order valence-electron chi connectivity index (χ2n) is 20.2. The van der Waals surface area contributed by atoms with Crippen LogP contribution in [-0.2, 0) is 28.6 Å². The number of ether oxygens (including phenoxy) is 3. The molecule has 0 aromatic heterocycles. The van der Waals surface area contributed by atoms with Crippen molar-refractivity contribution < 1.29 is 28.6 Å². The number of hydrogen-bond acceptors (Lipinski definition) is 6. The SMILES string of the molecule is CC/C=C\C/C=C\C/C=C\C/C=C\C/C=C\C/C=C\C/C=C\CCCCCC(=O)OCC(COC(=O)CCCCCCCCCCCC)OC(=O)CCCCCCCCCCCCCCCCCCCCC. The van der Waals surface area contributed by atoms with Gasteiger partial charge in [-0.3, -0.25) is 14.4 Å². The van der Waals surface area contributed by atoms with Crippen LogP contribution in [0.15, 0.2) is 85.1 Å². The molecule has 0 saturated heterocycles. The molecule has 0 amide bonds. The van der Waals surface area contributed by atoms with Gasteiger partial charge in [0.1, 0.15) is 13.2 Å². The molecule has 0 heterocycles. The highest BCUT2D eigenvalue weighted by Crippen LogP contribution is 2.16. The highest BCUT2D eigenvalue weighted by Gasteiger charge is 2.19. The minimum atomic E-state index is -0.787. The lowest BCUT2D eigenvalue weighted by molar-refractivity contribution is -0.167. The fraction of sp³-hybridized carbons (Fsp3) is 0.742. The first-order chi connectivity index (χ1) is 35.5. The highest BCUT2D eigenvalue weighted by atomic mass is 16.6. The van der Waals surface area contributed by atoms with E-state index in [2.05, 4.69) is 106 Å². The second kappa shape index (κ2) is 60.1. The third-order valence-electron chi connectivity index (χ3n) is 13.2. The van der Waals surface area contributed by atoms with E-state index in [-0.39, 0.29) is 31.1 Å². The average molecular weight is 1000 g/mol. The standard InChI is InChI=1S/C66H114O6/c1-4-7-10-13-16-19-22-24-26-28-30-31-32-33-34-35-37-38-40-42-44-47-50-53-56-59-65(68)71-62-63(61-70-64(67)58-55-52-49-46-21-18-15-12-9-6-3)72-66(69)60-57-54-51-48-45-43-41-39-36-29-27-25-23-20-17-14-11-8-5-2/h7,10,16,19,24,26,30-31,33-34,37-38,42,44,63H,4-6,8-9,11-15,17-18,20-23,25,27-29,32,35-36,39-41,43,45-62H2,1-3H3/b10-7-,19-16-,26-24-,31-30-,34-33-,38-37-,44-42-. The summed E-state index contributed by atoms with van der Waals surface area (Å²) in [5.74, 6) is -0.908. The predicted octanol–water partition coefficient (Wildman–Crippen LogP) is 20.7. The van der Waals surface area contributed by atoms with Gasteiger partial charge >= 0.3 is 17.9 Å². The summed E-state index contributed by atoms with van der Waals surface area (Å²) < 4.78 is 16.9. The number of carbonyl (C=O) groups is 3. The number of carbonyl (C=O) groups excluding carboxylic acids is 3. The van der Waals surface area contributed by atoms with Crippen LogP contribution in [0.5, 0.6) is 0 Å². The summed E-state index contributed by atoms with van der Waals surface area (Å²) in [5.41, 5.74) is 0. The van der Waals surface area contributed by atoms with Crippen LogP contribution >= 0.6 is 0 Å². The van der Waals surface area contributed by atoms with Gasteiger partial charge in [-0.2, -0.15) is 0 Å². The zero-order valence-electron chi connectivity index (χ0n) is 47.4. The van der Waals surface area contributed by atoms with Gasteiger partial charge in [-0.05, 0) is 77.0 Å². The van der Waals surface area contributed by atoms with E-state index >= 15 is 0 Å². The van der Waals surface area contributed by atoms with Gasteiger partial charge in [-0.25, -0.2) is 0 Å². The number of unbranched alkanes of at least 4 members (excludes halogenated alkanes) is 30. The molecule has 0 fully saturated rings. The van der Waals surface area contributed by atoms with E-state index < -0.39 is 6.10 Å². The molecule has 0 spiro atoms. The van der Waals surface area contributed by atoms with Gasteiger partial charge in [0.15, 0.2) is 6.10 Å². The Bertz CT molecular complexity index is 1380. The molecule has 72 heavy (non-hydrogen) atoms. The van der Waals surface area contributed by atoms with Crippen molar-refractivity contribution >= 4 is 17.9 Å². The van der Waals surface area contributed by atoms with E-state index in [4.69, 9.17) is 14.2 Å². The Labute approximate surface area is 445 Å². The van der Waals surface area contributed by atoms with Crippen LogP contribution in [0, 0.1) is 0 Å². The summed E-state index contributed by atoms with van der Waals surface area (Å²) in [6.07, 6.45) is 78.7. The van der Waals surface area contributed by atoms with Crippen LogP contribution in [-0.4, -0.2) is 37.2 Å². The Hall–Kier alpha value is -3.41. The van der Waals surface area contributed by atoms with Crippen LogP contribution in [0.3, 0.4) is 0 Å². The maximum atomic E-state index is 12.9. The largest absolute Gasteiger partial charge is 0.462 e. The first kappa shape index (κ1) is 68.6. The Balaban J connectivity index is 4.34. The molecule has 0 aliphatic rings. The molecule has 1 atom stereocenters. The molecule has 6 heteroatoms. The molecule has 0 aliphatic carbocycles. The van der Waals surface area contributed by atoms with Crippen LogP contribution in [0.4, 0.5) is 0 Å². The van der Waals surface area contributed by atoms with Crippen molar-refractivity contribution in [1.82, 2.24) is 0 Å². The molecular formula is C66H114O6. The van der Waals surface area contributed by atoms with Gasteiger partial charge in [0.2, 0.25) is 0 Å². The molecule has 0 rings (SSSR count). The molecule has 0 aliphatic heterocycles. The van der Waals surface area contributed by atoms with Gasteiger partial charge in [0.25, 0.3) is 0 Å². The van der Waals surface area contributed by atoms with Crippen LogP contribution in [0.25, 0.3) is 0 Å². The Morgan fingerprint density at radius 2 is 0.542 bits per heavy atom. The smallest absolute Gasteiger partial charge is 0.306 e. The van der Waals surface area contributed by atoms with Gasteiger partial charge in [-0.1, -0.05) is 286 Å². The molecule has 414 valence electrons. The van der Waals surface area contributed by atoms with E-state index in [9.17, 15) is 14.4 Å². The monoisotopic (exact) mass is 1000 g/mol. The van der Waals surface area contributed by atoms with Gasteiger partial charge < -0.3 is 14.2 Å². The van der Waals surface area contributed by atoms with E-state index in [1.807, 2.05) is 0 Å². The summed E-state index contributed by atoms with van der Waals surface area (Å²) in [6.45, 7) is 6.51. The van der Waals surface area contributed by atoms with Crippen molar-refractivity contribution in [3.8, 4) is 0 Å². The van der Waals surface area contributed by atoms with Gasteiger partial charge in [0, 0.05) is 19.3 Å². The van der Waals surface area contributed by atoms with Crippen molar-refractivity contribution in [2.45, 2.75) is 303 Å². The summed E-state index contributed by atoms with van der Waals surface area (Å²) >= 11 is 0. The number of esters is 3. The van der Waals surface area contributed by atoms with E-state index in [1.165, 1.54) is 148 Å². The third-order valence-corrected chi connectivity index (χ3v) is 13.2. The summed E-state index contributed by atoms with van der Waals surface area (Å²) in [5, 5.41) is 0. The molecule has 6 nitrogen and oxygen atoms in total. The first-order valence-electron chi connectivity index (χ1n) is 30.6. The predicted molar refractivity (Wildman–Crippen MR) is 311 cm³/mol. The topological polar surface area (TPSA) is 78.9 Å². The Kier molecular flexibility index (Phi) is 57.3. The second-order valence-corrected chi connectivity index (χ2v) is 20.2. The van der Waals surface area contributed by atoms with E-state index in [0.29, 0.717) is 19.3 Å². The molecule has 0 radical (unpaired) electrons. The van der Waals surface area contributed by atoms with Crippen LogP contribution in [0.2, 0.25) is 0 Å². The van der Waals surface area contributed by atoms with Gasteiger partial charge in [0.05, 0.1) is 0 Å². The van der Waals surface area contributed by atoms with Crippen molar-refractivity contribution in [2.75, 3.05) is 13.2 Å². The number of hydrogen-bond donors (Lipinski definition) is 0. The van der Waals surface area contributed by atoms with Crippen molar-refractivity contribution in [3.63, 3.8) is 0 Å². The maximum absolute atomic E-state index is 12.9. The fourth-order valence-corrected chi connectivity index (χ4v) is 8.60. The minimum Gasteiger partial charge on any atom is -0.462 e. The summed E-state index contributed by atoms with van der Waals surface area (Å²) in [7, 11) is 0. The lowest BCUT2D eigenvalue weighted by Gasteiger charge is -2.18. The van der Waals surface area contributed by atoms with Crippen molar-refractivity contribution in [2.24, 2.45) is 0 Å². The Morgan fingerprint density at radius 3 is 0.847 bits per heavy atom. The van der Waals surface area contributed by atoms with E-state index in [0.717, 1.165) is 109 Å². The molecule has 0 aromatic rings. The normalized spacial score (nSPS) is 12.7. The molecule has 1 unspecified atom stereocenters. The highest BCUT2D eigenvalue weighted by molar-refractivity contribution is 5.71. The lowest BCUT2D eigenvalue weighted by atomic mass is 10.0. The minimum absolute atomic E-state index is 0.0836. The first-order valence-corrected chi connectivity index (χ1v) is 30.6. The molecule has 0 bridgehead atoms. The molecular weight excluding hydrogens is 889 g/mol. The molecule has 0 saturated carbocycles. The van der Waals surface area contributed by atoms with Crippen LogP contribution in [0.1, 0.15) is 297 Å². The maximum Gasteiger partial charge on any atom is 0.306 e. The zero-order chi connectivity index (χ0) is 52.2. The number of allylic oxidation sites excluding steroid dienone is 14. The van der Waals surface area contributed by atoms with E-state index in [1.54, 1.807) is 0 Å². The molecule has 0 aromatic carbocycles. The lowest BCUT2D eigenvalue weighted by Crippen LogP contribution is -2.30. The van der Waals surface area contributed by atoms with Crippen molar-refractivity contribution in [3.05, 3.63) is 85.1 Å². The zero-order valence-corrected chi connectivity index (χ0v) is 47.4. The third kappa shape index (κ3) is 57.5. The Morgan fingerprint density at radius 1 is 0.292 bits per heavy atom. The average Bonchev–Trinajstić information content (AvgIpc) is 3.38.